The van der Waals surface area contributed by atoms with Crippen molar-refractivity contribution in [3.05, 3.63) is 54.3 Å². The Hall–Kier alpha value is -2.83. The summed E-state index contributed by atoms with van der Waals surface area (Å²) in [6.45, 7) is 1.41. The van der Waals surface area contributed by atoms with Crippen molar-refractivity contribution in [3.63, 3.8) is 0 Å². The van der Waals surface area contributed by atoms with Crippen molar-refractivity contribution in [2.24, 2.45) is 4.99 Å². The topological polar surface area (TPSA) is 71.0 Å². The first-order valence-electron chi connectivity index (χ1n) is 7.50. The number of nitrogens with zero attached hydrogens (tertiary/aromatic N) is 5. The maximum atomic E-state index is 4.85. The Bertz CT molecular complexity index is 744. The van der Waals surface area contributed by atoms with Gasteiger partial charge in [-0.15, -0.1) is 0 Å². The second-order valence-corrected chi connectivity index (χ2v) is 5.27. The molecule has 0 amide bonds. The number of guanidine groups is 1. The zero-order chi connectivity index (χ0) is 16.1. The number of fused-ring (bicyclic) bond motifs is 1. The van der Waals surface area contributed by atoms with E-state index in [0.717, 1.165) is 36.0 Å². The van der Waals surface area contributed by atoms with E-state index < -0.39 is 0 Å². The largest absolute Gasteiger partial charge is 0.364 e. The number of rotatable bonds is 5. The maximum absolute atomic E-state index is 4.85. The van der Waals surface area contributed by atoms with Crippen LogP contribution in [0.3, 0.4) is 0 Å². The van der Waals surface area contributed by atoms with Crippen molar-refractivity contribution in [2.45, 2.75) is 13.0 Å². The third-order valence-corrected chi connectivity index (χ3v) is 3.54. The standard InChI is InChI=1S/C16H20N6O/c1-17-16(21(2)11-14-7-10-23-20-14)18-8-6-13-12-22-9-4-3-5-15(22)19-13/h3-5,7,9-10,12H,6,8,11H2,1-2H3,(H,17,18). The molecule has 120 valence electrons. The average molecular weight is 312 g/mol. The van der Waals surface area contributed by atoms with E-state index in [1.165, 1.54) is 0 Å². The minimum atomic E-state index is 0.643. The number of nitrogens with one attached hydrogen (secondary N) is 1. The lowest BCUT2D eigenvalue weighted by Crippen LogP contribution is -2.39. The van der Waals surface area contributed by atoms with Gasteiger partial charge in [-0.1, -0.05) is 11.2 Å². The first-order chi connectivity index (χ1) is 11.3. The quantitative estimate of drug-likeness (QED) is 0.572. The van der Waals surface area contributed by atoms with Gasteiger partial charge in [0.25, 0.3) is 0 Å². The fraction of sp³-hybridized carbons (Fsp3) is 0.312. The molecule has 3 rings (SSSR count). The number of hydrogen-bond acceptors (Lipinski definition) is 4. The molecule has 0 spiro atoms. The minimum absolute atomic E-state index is 0.643. The van der Waals surface area contributed by atoms with Gasteiger partial charge in [-0.2, -0.15) is 0 Å². The lowest BCUT2D eigenvalue weighted by Gasteiger charge is -2.20. The van der Waals surface area contributed by atoms with E-state index >= 15 is 0 Å². The van der Waals surface area contributed by atoms with Gasteiger partial charge in [0.15, 0.2) is 5.96 Å². The van der Waals surface area contributed by atoms with Gasteiger partial charge in [-0.05, 0) is 12.1 Å². The average Bonchev–Trinajstić information content (AvgIpc) is 3.20. The molecule has 0 aliphatic carbocycles. The molecule has 7 heteroatoms. The number of imidazole rings is 1. The van der Waals surface area contributed by atoms with Gasteiger partial charge in [-0.25, -0.2) is 4.98 Å². The van der Waals surface area contributed by atoms with Gasteiger partial charge in [0, 0.05) is 45.5 Å². The smallest absolute Gasteiger partial charge is 0.193 e. The molecule has 3 aromatic heterocycles. The van der Waals surface area contributed by atoms with Crippen LogP contribution in [0.5, 0.6) is 0 Å². The van der Waals surface area contributed by atoms with Crippen molar-refractivity contribution in [1.29, 1.82) is 0 Å². The summed E-state index contributed by atoms with van der Waals surface area (Å²) in [5.74, 6) is 0.816. The van der Waals surface area contributed by atoms with Crippen LogP contribution in [0, 0.1) is 0 Å². The molecule has 3 aromatic rings. The fourth-order valence-electron chi connectivity index (χ4n) is 2.43. The highest BCUT2D eigenvalue weighted by Crippen LogP contribution is 2.05. The molecule has 0 saturated carbocycles. The van der Waals surface area contributed by atoms with E-state index in [9.17, 15) is 0 Å². The van der Waals surface area contributed by atoms with Crippen LogP contribution in [0.15, 0.2) is 52.4 Å². The second-order valence-electron chi connectivity index (χ2n) is 5.27. The van der Waals surface area contributed by atoms with Gasteiger partial charge in [0.05, 0.1) is 12.2 Å². The SMILES string of the molecule is CN=C(NCCc1cn2ccccc2n1)N(C)Cc1ccon1. The second kappa shape index (κ2) is 6.95. The molecule has 23 heavy (non-hydrogen) atoms. The third kappa shape index (κ3) is 3.68. The number of aromatic nitrogens is 3. The van der Waals surface area contributed by atoms with Crippen LogP contribution in [0.1, 0.15) is 11.4 Å². The highest BCUT2D eigenvalue weighted by atomic mass is 16.5. The highest BCUT2D eigenvalue weighted by molar-refractivity contribution is 5.79. The molecule has 0 saturated heterocycles. The molecule has 0 unspecified atom stereocenters. The lowest BCUT2D eigenvalue weighted by molar-refractivity contribution is 0.391. The Labute approximate surface area is 134 Å². The number of aliphatic imine (C=N–C) groups is 1. The summed E-state index contributed by atoms with van der Waals surface area (Å²) in [5, 5.41) is 7.26. The van der Waals surface area contributed by atoms with Crippen LogP contribution in [-0.2, 0) is 13.0 Å². The molecule has 0 aliphatic rings. The molecule has 3 heterocycles. The van der Waals surface area contributed by atoms with Gasteiger partial charge < -0.3 is 19.1 Å². The van der Waals surface area contributed by atoms with Crippen molar-refractivity contribution in [3.8, 4) is 0 Å². The molecule has 0 radical (unpaired) electrons. The van der Waals surface area contributed by atoms with Gasteiger partial charge in [0.2, 0.25) is 0 Å². The van der Waals surface area contributed by atoms with E-state index in [4.69, 9.17) is 4.52 Å². The summed E-state index contributed by atoms with van der Waals surface area (Å²) in [4.78, 5) is 10.9. The summed E-state index contributed by atoms with van der Waals surface area (Å²) < 4.78 is 6.88. The highest BCUT2D eigenvalue weighted by Gasteiger charge is 2.08. The molecule has 0 aromatic carbocycles. The summed E-state index contributed by atoms with van der Waals surface area (Å²) in [6, 6.07) is 7.84. The molecular weight excluding hydrogens is 292 g/mol. The molecule has 0 aliphatic heterocycles. The van der Waals surface area contributed by atoms with Crippen LogP contribution in [0.4, 0.5) is 0 Å². The van der Waals surface area contributed by atoms with Gasteiger partial charge in [0.1, 0.15) is 17.6 Å². The van der Waals surface area contributed by atoms with Gasteiger partial charge in [-0.3, -0.25) is 4.99 Å². The molecule has 0 bridgehead atoms. The van der Waals surface area contributed by atoms with Gasteiger partial charge >= 0.3 is 0 Å². The Balaban J connectivity index is 1.53. The predicted octanol–water partition coefficient (Wildman–Crippen LogP) is 1.57. The first-order valence-corrected chi connectivity index (χ1v) is 7.50. The van der Waals surface area contributed by atoms with Crippen molar-refractivity contribution >= 4 is 11.6 Å². The normalized spacial score (nSPS) is 11.8. The van der Waals surface area contributed by atoms with Crippen LogP contribution in [-0.4, -0.2) is 46.0 Å². The Morgan fingerprint density at radius 2 is 2.26 bits per heavy atom. The number of hydrogen-bond donors (Lipinski definition) is 1. The molecule has 7 nitrogen and oxygen atoms in total. The van der Waals surface area contributed by atoms with E-state index in [2.05, 4.69) is 26.6 Å². The number of pyridine rings is 1. The van der Waals surface area contributed by atoms with E-state index in [1.807, 2.05) is 46.8 Å². The monoisotopic (exact) mass is 312 g/mol. The molecular formula is C16H20N6O. The van der Waals surface area contributed by atoms with Crippen molar-refractivity contribution < 1.29 is 4.52 Å². The van der Waals surface area contributed by atoms with Crippen molar-refractivity contribution in [1.82, 2.24) is 24.8 Å². The van der Waals surface area contributed by atoms with Crippen LogP contribution < -0.4 is 5.32 Å². The van der Waals surface area contributed by atoms with Crippen LogP contribution in [0.2, 0.25) is 0 Å². The van der Waals surface area contributed by atoms with Crippen LogP contribution >= 0.6 is 0 Å². The Morgan fingerprint density at radius 3 is 3.00 bits per heavy atom. The van der Waals surface area contributed by atoms with E-state index in [-0.39, 0.29) is 0 Å². The van der Waals surface area contributed by atoms with E-state index in [0.29, 0.717) is 6.54 Å². The lowest BCUT2D eigenvalue weighted by atomic mass is 10.3. The summed E-state index contributed by atoms with van der Waals surface area (Å²) in [6.07, 6.45) is 6.46. The molecule has 0 atom stereocenters. The minimum Gasteiger partial charge on any atom is -0.364 e. The van der Waals surface area contributed by atoms with Crippen LogP contribution in [0.25, 0.3) is 5.65 Å². The maximum Gasteiger partial charge on any atom is 0.193 e. The fourth-order valence-corrected chi connectivity index (χ4v) is 2.43. The summed E-state index contributed by atoms with van der Waals surface area (Å²) >= 11 is 0. The molecule has 1 N–H and O–H groups in total. The Morgan fingerprint density at radius 1 is 1.35 bits per heavy atom. The molecule has 0 fully saturated rings. The zero-order valence-electron chi connectivity index (χ0n) is 13.3. The van der Waals surface area contributed by atoms with E-state index in [1.54, 1.807) is 13.3 Å². The Kier molecular flexibility index (Phi) is 4.56. The van der Waals surface area contributed by atoms with Crippen molar-refractivity contribution in [2.75, 3.05) is 20.6 Å². The zero-order valence-corrected chi connectivity index (χ0v) is 13.3. The summed E-state index contributed by atoms with van der Waals surface area (Å²) in [5.41, 5.74) is 2.89. The summed E-state index contributed by atoms with van der Waals surface area (Å²) in [7, 11) is 3.74. The predicted molar refractivity (Wildman–Crippen MR) is 88.2 cm³/mol. The first kappa shape index (κ1) is 15.1. The third-order valence-electron chi connectivity index (χ3n) is 3.54.